The van der Waals surface area contributed by atoms with Gasteiger partial charge in [-0.15, -0.1) is 0 Å². The number of aliphatic carboxylic acids is 1. The molecule has 1 unspecified atom stereocenters. The SMILES string of the molecule is COc1cc(CNC(=O)N2CCCC(C(=O)O)C2)ccc1OCC(=O)N(C)C. The Kier molecular flexibility index (Phi) is 7.48. The molecule has 0 aromatic heterocycles. The molecule has 3 amide bonds. The Morgan fingerprint density at radius 2 is 2.04 bits per heavy atom. The van der Waals surface area contributed by atoms with Gasteiger partial charge in [-0.1, -0.05) is 6.07 Å². The van der Waals surface area contributed by atoms with Gasteiger partial charge in [0.15, 0.2) is 18.1 Å². The number of likely N-dealkylation sites (N-methyl/N-ethyl adjacent to an activating group) is 1. The van der Waals surface area contributed by atoms with Crippen LogP contribution in [0.3, 0.4) is 0 Å². The second-order valence-electron chi connectivity index (χ2n) is 6.84. The normalized spacial score (nSPS) is 16.2. The van der Waals surface area contributed by atoms with Crippen LogP contribution in [0.4, 0.5) is 4.79 Å². The topological polar surface area (TPSA) is 108 Å². The van der Waals surface area contributed by atoms with Gasteiger partial charge in [0.2, 0.25) is 0 Å². The zero-order valence-electron chi connectivity index (χ0n) is 16.4. The van der Waals surface area contributed by atoms with Crippen molar-refractivity contribution in [2.24, 2.45) is 5.92 Å². The second kappa shape index (κ2) is 9.82. The molecule has 9 heteroatoms. The zero-order chi connectivity index (χ0) is 20.7. The Labute approximate surface area is 164 Å². The summed E-state index contributed by atoms with van der Waals surface area (Å²) in [6.45, 7) is 0.933. The van der Waals surface area contributed by atoms with E-state index < -0.39 is 11.9 Å². The summed E-state index contributed by atoms with van der Waals surface area (Å²) in [6, 6.07) is 4.90. The number of benzene rings is 1. The maximum absolute atomic E-state index is 12.3. The highest BCUT2D eigenvalue weighted by molar-refractivity contribution is 5.77. The average molecular weight is 393 g/mol. The zero-order valence-corrected chi connectivity index (χ0v) is 16.4. The monoisotopic (exact) mass is 393 g/mol. The van der Waals surface area contributed by atoms with Crippen molar-refractivity contribution >= 4 is 17.9 Å². The van der Waals surface area contributed by atoms with Gasteiger partial charge in [-0.05, 0) is 30.5 Å². The first-order valence-corrected chi connectivity index (χ1v) is 9.07. The van der Waals surface area contributed by atoms with Crippen LogP contribution in [-0.4, -0.2) is 73.7 Å². The number of carbonyl (C=O) groups excluding carboxylic acids is 2. The Morgan fingerprint density at radius 3 is 2.68 bits per heavy atom. The average Bonchev–Trinajstić information content (AvgIpc) is 2.70. The molecule has 0 spiro atoms. The molecule has 1 aliphatic rings. The number of amides is 3. The summed E-state index contributed by atoms with van der Waals surface area (Å²) in [5.41, 5.74) is 0.795. The molecule has 1 aliphatic heterocycles. The van der Waals surface area contributed by atoms with Crippen LogP contribution < -0.4 is 14.8 Å². The number of carboxylic acids is 1. The molecule has 1 aromatic rings. The quantitative estimate of drug-likeness (QED) is 0.720. The number of ether oxygens (including phenoxy) is 2. The molecule has 28 heavy (non-hydrogen) atoms. The van der Waals surface area contributed by atoms with Crippen molar-refractivity contribution in [3.8, 4) is 11.5 Å². The van der Waals surface area contributed by atoms with Crippen LogP contribution in [0, 0.1) is 5.92 Å². The number of carboxylic acid groups (broad SMARTS) is 1. The summed E-state index contributed by atoms with van der Waals surface area (Å²) >= 11 is 0. The van der Waals surface area contributed by atoms with Gasteiger partial charge in [0, 0.05) is 33.7 Å². The van der Waals surface area contributed by atoms with Crippen molar-refractivity contribution in [3.63, 3.8) is 0 Å². The van der Waals surface area contributed by atoms with E-state index in [0.717, 1.165) is 5.56 Å². The van der Waals surface area contributed by atoms with Crippen LogP contribution in [-0.2, 0) is 16.1 Å². The van der Waals surface area contributed by atoms with E-state index in [9.17, 15) is 14.4 Å². The Bertz CT molecular complexity index is 722. The first-order chi connectivity index (χ1) is 13.3. The maximum Gasteiger partial charge on any atom is 0.317 e. The first-order valence-electron chi connectivity index (χ1n) is 9.07. The lowest BCUT2D eigenvalue weighted by atomic mass is 9.99. The lowest BCUT2D eigenvalue weighted by Gasteiger charge is -2.30. The van der Waals surface area contributed by atoms with Gasteiger partial charge in [0.05, 0.1) is 13.0 Å². The highest BCUT2D eigenvalue weighted by Crippen LogP contribution is 2.28. The van der Waals surface area contributed by atoms with Gasteiger partial charge in [0.25, 0.3) is 5.91 Å². The second-order valence-corrected chi connectivity index (χ2v) is 6.84. The van der Waals surface area contributed by atoms with Crippen molar-refractivity contribution < 1.29 is 29.0 Å². The number of urea groups is 1. The highest BCUT2D eigenvalue weighted by atomic mass is 16.5. The molecule has 1 fully saturated rings. The highest BCUT2D eigenvalue weighted by Gasteiger charge is 2.27. The molecule has 1 aromatic carbocycles. The molecule has 154 valence electrons. The summed E-state index contributed by atoms with van der Waals surface area (Å²) in [4.78, 5) is 38.1. The number of nitrogens with zero attached hydrogens (tertiary/aromatic N) is 2. The fourth-order valence-electron chi connectivity index (χ4n) is 2.86. The van der Waals surface area contributed by atoms with E-state index in [1.165, 1.54) is 16.9 Å². The van der Waals surface area contributed by atoms with Crippen molar-refractivity contribution in [2.75, 3.05) is 40.9 Å². The van der Waals surface area contributed by atoms with Gasteiger partial charge < -0.3 is 29.7 Å². The smallest absolute Gasteiger partial charge is 0.317 e. The van der Waals surface area contributed by atoms with E-state index in [0.29, 0.717) is 30.9 Å². The molecule has 0 saturated carbocycles. The third kappa shape index (κ3) is 5.77. The predicted molar refractivity (Wildman–Crippen MR) is 101 cm³/mol. The lowest BCUT2D eigenvalue weighted by Crippen LogP contribution is -2.46. The van der Waals surface area contributed by atoms with Gasteiger partial charge in [0.1, 0.15) is 0 Å². The summed E-state index contributed by atoms with van der Waals surface area (Å²) in [5.74, 6) is -0.651. The van der Waals surface area contributed by atoms with E-state index in [1.807, 2.05) is 0 Å². The van der Waals surface area contributed by atoms with E-state index >= 15 is 0 Å². The first kappa shape index (κ1) is 21.3. The number of methoxy groups -OCH3 is 1. The number of hydrogen-bond donors (Lipinski definition) is 2. The van der Waals surface area contributed by atoms with Crippen LogP contribution in [0.2, 0.25) is 0 Å². The molecular formula is C19H27N3O6. The van der Waals surface area contributed by atoms with Crippen molar-refractivity contribution in [2.45, 2.75) is 19.4 Å². The number of rotatable bonds is 7. The van der Waals surface area contributed by atoms with Gasteiger partial charge >= 0.3 is 12.0 Å². The van der Waals surface area contributed by atoms with E-state index in [2.05, 4.69) is 5.32 Å². The van der Waals surface area contributed by atoms with E-state index in [-0.39, 0.29) is 31.6 Å². The Morgan fingerprint density at radius 1 is 1.29 bits per heavy atom. The standard InChI is InChI=1S/C19H27N3O6/c1-21(2)17(23)12-28-15-7-6-13(9-16(15)27-3)10-20-19(26)22-8-4-5-14(11-22)18(24)25/h6-7,9,14H,4-5,8,10-12H2,1-3H3,(H,20,26)(H,24,25). The minimum atomic E-state index is -0.870. The minimum absolute atomic E-state index is 0.0981. The summed E-state index contributed by atoms with van der Waals surface area (Å²) in [7, 11) is 4.80. The summed E-state index contributed by atoms with van der Waals surface area (Å²) in [6.07, 6.45) is 1.27. The molecule has 0 bridgehead atoms. The predicted octanol–water partition coefficient (Wildman–Crippen LogP) is 1.17. The molecule has 2 N–H and O–H groups in total. The molecule has 1 atom stereocenters. The molecule has 9 nitrogen and oxygen atoms in total. The molecular weight excluding hydrogens is 366 g/mol. The molecule has 0 radical (unpaired) electrons. The molecule has 2 rings (SSSR count). The van der Waals surface area contributed by atoms with Crippen LogP contribution in [0.25, 0.3) is 0 Å². The Balaban J connectivity index is 1.92. The summed E-state index contributed by atoms with van der Waals surface area (Å²) < 4.78 is 10.8. The van der Waals surface area contributed by atoms with Crippen molar-refractivity contribution in [3.05, 3.63) is 23.8 Å². The van der Waals surface area contributed by atoms with Crippen LogP contribution >= 0.6 is 0 Å². The minimum Gasteiger partial charge on any atom is -0.493 e. The van der Waals surface area contributed by atoms with E-state index in [4.69, 9.17) is 14.6 Å². The van der Waals surface area contributed by atoms with Gasteiger partial charge in [-0.3, -0.25) is 9.59 Å². The third-order valence-electron chi connectivity index (χ3n) is 4.58. The maximum atomic E-state index is 12.3. The molecule has 0 aliphatic carbocycles. The number of hydrogen-bond acceptors (Lipinski definition) is 5. The van der Waals surface area contributed by atoms with Crippen molar-refractivity contribution in [1.29, 1.82) is 0 Å². The fourth-order valence-corrected chi connectivity index (χ4v) is 2.86. The van der Waals surface area contributed by atoms with Gasteiger partial charge in [-0.2, -0.15) is 0 Å². The molecule has 1 saturated heterocycles. The summed E-state index contributed by atoms with van der Waals surface area (Å²) in [5, 5.41) is 11.9. The lowest BCUT2D eigenvalue weighted by molar-refractivity contribution is -0.143. The largest absolute Gasteiger partial charge is 0.493 e. The van der Waals surface area contributed by atoms with Crippen LogP contribution in [0.15, 0.2) is 18.2 Å². The molecule has 1 heterocycles. The Hall–Kier alpha value is -2.97. The third-order valence-corrected chi connectivity index (χ3v) is 4.58. The van der Waals surface area contributed by atoms with Crippen molar-refractivity contribution in [1.82, 2.24) is 15.1 Å². The van der Waals surface area contributed by atoms with E-state index in [1.54, 1.807) is 32.3 Å². The number of carbonyl (C=O) groups is 3. The number of nitrogens with one attached hydrogen (secondary N) is 1. The number of likely N-dealkylation sites (tertiary alicyclic amines) is 1. The van der Waals surface area contributed by atoms with Gasteiger partial charge in [-0.25, -0.2) is 4.79 Å². The fraction of sp³-hybridized carbons (Fsp3) is 0.526. The number of piperidine rings is 1. The van der Waals surface area contributed by atoms with Crippen LogP contribution in [0.5, 0.6) is 11.5 Å². The van der Waals surface area contributed by atoms with Crippen LogP contribution in [0.1, 0.15) is 18.4 Å².